The summed E-state index contributed by atoms with van der Waals surface area (Å²) < 4.78 is 0. The zero-order valence-electron chi connectivity index (χ0n) is 15.8. The molecule has 2 aromatic carbocycles. The fourth-order valence-corrected chi connectivity index (χ4v) is 3.91. The van der Waals surface area contributed by atoms with Crippen molar-refractivity contribution in [2.75, 3.05) is 26.7 Å². The highest BCUT2D eigenvalue weighted by atomic mass is 35.5. The van der Waals surface area contributed by atoms with Gasteiger partial charge in [0.05, 0.1) is 18.5 Å². The number of nitrogens with one attached hydrogen (secondary N) is 1. The molecule has 0 aliphatic carbocycles. The molecular formula is C21H25ClN4O2. The lowest BCUT2D eigenvalue weighted by Gasteiger charge is -2.41. The third-order valence-corrected chi connectivity index (χ3v) is 5.41. The molecule has 0 saturated carbocycles. The molecule has 2 aromatic rings. The highest BCUT2D eigenvalue weighted by Crippen LogP contribution is 2.29. The second-order valence-corrected chi connectivity index (χ2v) is 7.47. The Kier molecular flexibility index (Phi) is 6.54. The summed E-state index contributed by atoms with van der Waals surface area (Å²) in [6, 6.07) is 15.9. The number of hydrogen-bond donors (Lipinski definition) is 2. The van der Waals surface area contributed by atoms with Crippen LogP contribution in [0.25, 0.3) is 0 Å². The smallest absolute Gasteiger partial charge is 0.312 e. The van der Waals surface area contributed by atoms with Crippen LogP contribution in [0.3, 0.4) is 0 Å². The Morgan fingerprint density at radius 1 is 1.14 bits per heavy atom. The molecule has 1 saturated heterocycles. The Morgan fingerprint density at radius 3 is 2.50 bits per heavy atom. The third kappa shape index (κ3) is 4.82. The number of amides is 3. The predicted molar refractivity (Wildman–Crippen MR) is 110 cm³/mol. The zero-order valence-corrected chi connectivity index (χ0v) is 16.6. The summed E-state index contributed by atoms with van der Waals surface area (Å²) >= 11 is 6.29. The molecule has 3 N–H and O–H groups in total. The minimum Gasteiger partial charge on any atom is -0.352 e. The molecule has 0 bridgehead atoms. The van der Waals surface area contributed by atoms with Crippen LogP contribution in [0.2, 0.25) is 5.02 Å². The first kappa shape index (κ1) is 20.2. The van der Waals surface area contributed by atoms with Gasteiger partial charge in [0.2, 0.25) is 5.91 Å². The van der Waals surface area contributed by atoms with E-state index in [-0.39, 0.29) is 18.4 Å². The van der Waals surface area contributed by atoms with Gasteiger partial charge in [0.25, 0.3) is 0 Å². The number of halogens is 1. The maximum absolute atomic E-state index is 13.2. The van der Waals surface area contributed by atoms with Crippen molar-refractivity contribution in [1.82, 2.24) is 15.1 Å². The first-order chi connectivity index (χ1) is 13.5. The van der Waals surface area contributed by atoms with Crippen LogP contribution in [0.5, 0.6) is 0 Å². The maximum Gasteiger partial charge on any atom is 0.312 e. The largest absolute Gasteiger partial charge is 0.352 e. The van der Waals surface area contributed by atoms with Crippen LogP contribution in [-0.4, -0.2) is 48.4 Å². The van der Waals surface area contributed by atoms with Gasteiger partial charge < -0.3 is 20.9 Å². The summed E-state index contributed by atoms with van der Waals surface area (Å²) in [6.07, 6.45) is 0.0969. The van der Waals surface area contributed by atoms with Gasteiger partial charge in [-0.25, -0.2) is 4.79 Å². The topological polar surface area (TPSA) is 78.7 Å². The number of hydrogen-bond acceptors (Lipinski definition) is 3. The van der Waals surface area contributed by atoms with Gasteiger partial charge in [-0.1, -0.05) is 60.1 Å². The van der Waals surface area contributed by atoms with E-state index in [9.17, 15) is 9.59 Å². The molecule has 2 atom stereocenters. The number of primary amides is 1. The molecule has 1 fully saturated rings. The molecule has 3 amide bonds. The van der Waals surface area contributed by atoms with E-state index in [1.807, 2.05) is 41.3 Å². The monoisotopic (exact) mass is 400 g/mol. The van der Waals surface area contributed by atoms with Crippen molar-refractivity contribution in [3.63, 3.8) is 0 Å². The summed E-state index contributed by atoms with van der Waals surface area (Å²) in [6.45, 7) is 2.19. The number of rotatable bonds is 5. The van der Waals surface area contributed by atoms with E-state index in [4.69, 9.17) is 17.3 Å². The zero-order chi connectivity index (χ0) is 20.1. The molecule has 6 nitrogen and oxygen atoms in total. The van der Waals surface area contributed by atoms with Gasteiger partial charge in [-0.3, -0.25) is 4.79 Å². The molecule has 148 valence electrons. The average molecular weight is 401 g/mol. The molecule has 7 heteroatoms. The molecule has 0 radical (unpaired) electrons. The van der Waals surface area contributed by atoms with Crippen molar-refractivity contribution in [1.29, 1.82) is 0 Å². The summed E-state index contributed by atoms with van der Waals surface area (Å²) in [5, 5.41) is 3.16. The van der Waals surface area contributed by atoms with E-state index < -0.39 is 12.1 Å². The highest BCUT2D eigenvalue weighted by Gasteiger charge is 2.32. The molecule has 1 aliphatic rings. The Labute approximate surface area is 170 Å². The van der Waals surface area contributed by atoms with E-state index in [1.54, 1.807) is 18.2 Å². The second-order valence-electron chi connectivity index (χ2n) is 7.06. The van der Waals surface area contributed by atoms with Crippen LogP contribution in [0.15, 0.2) is 54.6 Å². The van der Waals surface area contributed by atoms with Crippen molar-refractivity contribution in [3.05, 3.63) is 70.7 Å². The number of urea groups is 1. The minimum absolute atomic E-state index is 0.0343. The molecule has 0 unspecified atom stereocenters. The van der Waals surface area contributed by atoms with Gasteiger partial charge in [-0.05, 0) is 24.2 Å². The van der Waals surface area contributed by atoms with Crippen molar-refractivity contribution < 1.29 is 9.59 Å². The number of carbonyl (C=O) groups is 2. The summed E-state index contributed by atoms with van der Waals surface area (Å²) in [4.78, 5) is 28.9. The van der Waals surface area contributed by atoms with Gasteiger partial charge in [0.15, 0.2) is 0 Å². The maximum atomic E-state index is 13.2. The Hall–Kier alpha value is -2.57. The van der Waals surface area contributed by atoms with E-state index >= 15 is 0 Å². The first-order valence-corrected chi connectivity index (χ1v) is 9.67. The lowest BCUT2D eigenvalue weighted by molar-refractivity contribution is -0.136. The summed E-state index contributed by atoms with van der Waals surface area (Å²) in [5.41, 5.74) is 7.13. The molecule has 3 rings (SSSR count). The number of piperazine rings is 1. The Morgan fingerprint density at radius 2 is 1.82 bits per heavy atom. The second kappa shape index (κ2) is 9.08. The minimum atomic E-state index is -0.685. The third-order valence-electron chi connectivity index (χ3n) is 5.06. The SMILES string of the molecule is CN1CCN(C(=O)C[C@@H](NC(N)=O)c2ccccc2Cl)[C@H](c2ccccc2)C1. The standard InChI is InChI=1S/C21H25ClN4O2/c1-25-11-12-26(19(14-25)15-7-3-2-4-8-15)20(27)13-18(24-21(23)28)16-9-5-6-10-17(16)22/h2-10,18-19H,11-14H2,1H3,(H3,23,24,28)/t18-,19+/m1/s1. The summed E-state index contributed by atoms with van der Waals surface area (Å²) in [5.74, 6) is -0.0411. The van der Waals surface area contributed by atoms with Crippen LogP contribution in [-0.2, 0) is 4.79 Å². The number of nitrogens with two attached hydrogens (primary N) is 1. The van der Waals surface area contributed by atoms with Gasteiger partial charge in [-0.2, -0.15) is 0 Å². The number of nitrogens with zero attached hydrogens (tertiary/aromatic N) is 2. The van der Waals surface area contributed by atoms with Gasteiger partial charge >= 0.3 is 6.03 Å². The van der Waals surface area contributed by atoms with Crippen molar-refractivity contribution in [2.45, 2.75) is 18.5 Å². The van der Waals surface area contributed by atoms with Crippen LogP contribution >= 0.6 is 11.6 Å². The number of likely N-dealkylation sites (N-methyl/N-ethyl adjacent to an activating group) is 1. The molecule has 0 aromatic heterocycles. The average Bonchev–Trinajstić information content (AvgIpc) is 2.68. The van der Waals surface area contributed by atoms with E-state index in [0.29, 0.717) is 17.1 Å². The Bertz CT molecular complexity index is 830. The lowest BCUT2D eigenvalue weighted by Crippen LogP contribution is -2.50. The van der Waals surface area contributed by atoms with Gasteiger partial charge in [-0.15, -0.1) is 0 Å². The van der Waals surface area contributed by atoms with Crippen LogP contribution in [0.1, 0.15) is 29.6 Å². The molecular weight excluding hydrogens is 376 g/mol. The molecule has 28 heavy (non-hydrogen) atoms. The predicted octanol–water partition coefficient (Wildman–Crippen LogP) is 2.95. The number of benzene rings is 2. The molecule has 1 heterocycles. The van der Waals surface area contributed by atoms with Gasteiger partial charge in [0.1, 0.15) is 0 Å². The number of carbonyl (C=O) groups excluding carboxylic acids is 2. The summed E-state index contributed by atoms with van der Waals surface area (Å²) in [7, 11) is 2.05. The van der Waals surface area contributed by atoms with Crippen LogP contribution < -0.4 is 11.1 Å². The first-order valence-electron chi connectivity index (χ1n) is 9.29. The van der Waals surface area contributed by atoms with Gasteiger partial charge in [0, 0.05) is 24.7 Å². The molecule has 1 aliphatic heterocycles. The lowest BCUT2D eigenvalue weighted by atomic mass is 9.99. The van der Waals surface area contributed by atoms with E-state index in [1.165, 1.54) is 0 Å². The van der Waals surface area contributed by atoms with Crippen LogP contribution in [0, 0.1) is 0 Å². The normalized spacial score (nSPS) is 18.5. The quantitative estimate of drug-likeness (QED) is 0.809. The fraction of sp³-hybridized carbons (Fsp3) is 0.333. The van der Waals surface area contributed by atoms with E-state index in [2.05, 4.69) is 17.3 Å². The van der Waals surface area contributed by atoms with Crippen molar-refractivity contribution in [3.8, 4) is 0 Å². The van der Waals surface area contributed by atoms with Crippen LogP contribution in [0.4, 0.5) is 4.79 Å². The molecule has 0 spiro atoms. The van der Waals surface area contributed by atoms with Crippen molar-refractivity contribution in [2.24, 2.45) is 5.73 Å². The van der Waals surface area contributed by atoms with Crippen molar-refractivity contribution >= 4 is 23.5 Å². The Balaban J connectivity index is 1.83. The highest BCUT2D eigenvalue weighted by molar-refractivity contribution is 6.31. The van der Waals surface area contributed by atoms with E-state index in [0.717, 1.165) is 18.7 Å². The fourth-order valence-electron chi connectivity index (χ4n) is 3.64.